The van der Waals surface area contributed by atoms with Gasteiger partial charge in [0, 0.05) is 35.9 Å². The summed E-state index contributed by atoms with van der Waals surface area (Å²) in [5, 5.41) is 0.763. The van der Waals surface area contributed by atoms with Crippen LogP contribution in [-0.2, 0) is 14.8 Å². The topological polar surface area (TPSA) is 79.4 Å². The molecule has 0 atom stereocenters. The number of sulfonamides is 1. The van der Waals surface area contributed by atoms with Crippen LogP contribution in [0.2, 0.25) is 0 Å². The molecule has 1 N–H and O–H groups in total. The molecule has 1 aliphatic rings. The van der Waals surface area contributed by atoms with Crippen molar-refractivity contribution in [3.05, 3.63) is 60.8 Å². The van der Waals surface area contributed by atoms with E-state index >= 15 is 0 Å². The Labute approximate surface area is 157 Å². The molecule has 0 unspecified atom stereocenters. The van der Waals surface area contributed by atoms with Crippen LogP contribution in [0, 0.1) is 0 Å². The molecule has 1 aliphatic heterocycles. The standard InChI is InChI=1S/C20H19N3O3S/c24-19-8-1-2-14-23(19)17-11-9-16(10-12-17)22-27(25,26)18-7-3-5-15-6-4-13-21-20(15)18/h3-7,9-13,22H,1-2,8,14H2. The zero-order valence-corrected chi connectivity index (χ0v) is 15.4. The molecule has 2 heterocycles. The van der Waals surface area contributed by atoms with E-state index in [9.17, 15) is 13.2 Å². The lowest BCUT2D eigenvalue weighted by atomic mass is 10.1. The predicted molar refractivity (Wildman–Crippen MR) is 105 cm³/mol. The number of aromatic nitrogens is 1. The molecule has 1 fully saturated rings. The number of nitrogens with one attached hydrogen (secondary N) is 1. The Morgan fingerprint density at radius 3 is 2.52 bits per heavy atom. The minimum absolute atomic E-state index is 0.108. The Morgan fingerprint density at radius 1 is 0.963 bits per heavy atom. The van der Waals surface area contributed by atoms with Crippen molar-refractivity contribution in [3.63, 3.8) is 0 Å². The van der Waals surface area contributed by atoms with Crippen molar-refractivity contribution in [2.24, 2.45) is 0 Å². The van der Waals surface area contributed by atoms with Gasteiger partial charge in [-0.1, -0.05) is 18.2 Å². The third-order valence-corrected chi connectivity index (χ3v) is 6.05. The minimum Gasteiger partial charge on any atom is -0.312 e. The van der Waals surface area contributed by atoms with Gasteiger partial charge in [-0.2, -0.15) is 0 Å². The van der Waals surface area contributed by atoms with Crippen LogP contribution >= 0.6 is 0 Å². The number of anilines is 2. The number of carbonyl (C=O) groups is 1. The predicted octanol–water partition coefficient (Wildman–Crippen LogP) is 3.55. The Bertz CT molecular complexity index is 1090. The van der Waals surface area contributed by atoms with E-state index in [2.05, 4.69) is 9.71 Å². The maximum Gasteiger partial charge on any atom is 0.264 e. The summed E-state index contributed by atoms with van der Waals surface area (Å²) < 4.78 is 28.3. The molecule has 6 nitrogen and oxygen atoms in total. The van der Waals surface area contributed by atoms with Crippen molar-refractivity contribution >= 4 is 38.2 Å². The number of benzene rings is 2. The summed E-state index contributed by atoms with van der Waals surface area (Å²) in [6, 6.07) is 15.5. The second-order valence-corrected chi connectivity index (χ2v) is 8.14. The van der Waals surface area contributed by atoms with E-state index < -0.39 is 10.0 Å². The molecule has 0 spiro atoms. The highest BCUT2D eigenvalue weighted by Gasteiger charge is 2.21. The first-order valence-corrected chi connectivity index (χ1v) is 10.3. The van der Waals surface area contributed by atoms with Gasteiger partial charge in [0.15, 0.2) is 0 Å². The highest BCUT2D eigenvalue weighted by molar-refractivity contribution is 7.93. The number of carbonyl (C=O) groups excluding carboxylic acids is 1. The van der Waals surface area contributed by atoms with Crippen LogP contribution in [0.3, 0.4) is 0 Å². The fourth-order valence-electron chi connectivity index (χ4n) is 3.29. The van der Waals surface area contributed by atoms with Crippen LogP contribution in [0.15, 0.2) is 65.7 Å². The van der Waals surface area contributed by atoms with Crippen molar-refractivity contribution in [2.45, 2.75) is 24.2 Å². The average Bonchev–Trinajstić information content (AvgIpc) is 2.68. The number of nitrogens with zero attached hydrogens (tertiary/aromatic N) is 2. The molecule has 0 radical (unpaired) electrons. The molecule has 7 heteroatoms. The van der Waals surface area contributed by atoms with E-state index in [4.69, 9.17) is 0 Å². The van der Waals surface area contributed by atoms with E-state index in [-0.39, 0.29) is 10.8 Å². The first-order chi connectivity index (χ1) is 13.0. The van der Waals surface area contributed by atoms with Crippen LogP contribution < -0.4 is 9.62 Å². The zero-order chi connectivity index (χ0) is 18.9. The van der Waals surface area contributed by atoms with E-state index in [0.717, 1.165) is 23.9 Å². The molecule has 0 bridgehead atoms. The van der Waals surface area contributed by atoms with Crippen molar-refractivity contribution in [3.8, 4) is 0 Å². The van der Waals surface area contributed by atoms with Crippen LogP contribution in [0.25, 0.3) is 10.9 Å². The summed E-state index contributed by atoms with van der Waals surface area (Å²) in [7, 11) is -3.78. The molecule has 0 aliphatic carbocycles. The lowest BCUT2D eigenvalue weighted by molar-refractivity contribution is -0.119. The fourth-order valence-corrected chi connectivity index (χ4v) is 4.53. The van der Waals surface area contributed by atoms with Gasteiger partial charge in [-0.25, -0.2) is 8.42 Å². The average molecular weight is 381 g/mol. The molecular formula is C20H19N3O3S. The minimum atomic E-state index is -3.78. The van der Waals surface area contributed by atoms with Crippen molar-refractivity contribution in [1.29, 1.82) is 0 Å². The molecule has 4 rings (SSSR count). The van der Waals surface area contributed by atoms with E-state index in [1.54, 1.807) is 53.6 Å². The van der Waals surface area contributed by atoms with Gasteiger partial charge < -0.3 is 4.90 Å². The number of para-hydroxylation sites is 1. The molecule has 0 saturated carbocycles. The number of fused-ring (bicyclic) bond motifs is 1. The largest absolute Gasteiger partial charge is 0.312 e. The normalized spacial score (nSPS) is 15.1. The van der Waals surface area contributed by atoms with E-state index in [0.29, 0.717) is 24.2 Å². The van der Waals surface area contributed by atoms with Gasteiger partial charge in [-0.15, -0.1) is 0 Å². The second-order valence-electron chi connectivity index (χ2n) is 6.49. The van der Waals surface area contributed by atoms with Gasteiger partial charge in [0.05, 0.1) is 5.52 Å². The summed E-state index contributed by atoms with van der Waals surface area (Å²) in [4.78, 5) is 18.1. The monoisotopic (exact) mass is 381 g/mol. The van der Waals surface area contributed by atoms with Gasteiger partial charge in [-0.05, 0) is 49.2 Å². The quantitative estimate of drug-likeness (QED) is 0.749. The molecule has 1 amide bonds. The van der Waals surface area contributed by atoms with Crippen LogP contribution in [-0.4, -0.2) is 25.9 Å². The number of rotatable bonds is 4. The summed E-state index contributed by atoms with van der Waals surface area (Å²) in [5.74, 6) is 0.108. The summed E-state index contributed by atoms with van der Waals surface area (Å²) in [6.45, 7) is 0.700. The number of pyridine rings is 1. The Balaban J connectivity index is 1.60. The molecule has 138 valence electrons. The number of hydrogen-bond donors (Lipinski definition) is 1. The molecule has 2 aromatic carbocycles. The van der Waals surface area contributed by atoms with Gasteiger partial charge in [0.1, 0.15) is 4.90 Å². The second kappa shape index (κ2) is 7.00. The van der Waals surface area contributed by atoms with Crippen LogP contribution in [0.5, 0.6) is 0 Å². The smallest absolute Gasteiger partial charge is 0.264 e. The zero-order valence-electron chi connectivity index (χ0n) is 14.6. The van der Waals surface area contributed by atoms with E-state index in [1.165, 1.54) is 0 Å². The molecule has 27 heavy (non-hydrogen) atoms. The maximum atomic E-state index is 12.8. The number of piperidine rings is 1. The van der Waals surface area contributed by atoms with Crippen molar-refractivity contribution in [2.75, 3.05) is 16.2 Å². The van der Waals surface area contributed by atoms with Crippen LogP contribution in [0.4, 0.5) is 11.4 Å². The Hall–Kier alpha value is -2.93. The van der Waals surface area contributed by atoms with Crippen LogP contribution in [0.1, 0.15) is 19.3 Å². The Morgan fingerprint density at radius 2 is 1.74 bits per heavy atom. The third-order valence-electron chi connectivity index (χ3n) is 4.64. The molecule has 1 saturated heterocycles. The molecule has 3 aromatic rings. The van der Waals surface area contributed by atoms with E-state index in [1.807, 2.05) is 12.1 Å². The van der Waals surface area contributed by atoms with Gasteiger partial charge in [-0.3, -0.25) is 14.5 Å². The van der Waals surface area contributed by atoms with Crippen molar-refractivity contribution < 1.29 is 13.2 Å². The SMILES string of the molecule is O=C1CCCCN1c1ccc(NS(=O)(=O)c2cccc3cccnc23)cc1. The highest BCUT2D eigenvalue weighted by atomic mass is 32.2. The maximum absolute atomic E-state index is 12.8. The lowest BCUT2D eigenvalue weighted by Crippen LogP contribution is -2.35. The van der Waals surface area contributed by atoms with Gasteiger partial charge >= 0.3 is 0 Å². The third kappa shape index (κ3) is 3.50. The first kappa shape index (κ1) is 17.5. The molecular weight excluding hydrogens is 362 g/mol. The Kier molecular flexibility index (Phi) is 4.53. The van der Waals surface area contributed by atoms with Gasteiger partial charge in [0.25, 0.3) is 10.0 Å². The molecule has 1 aromatic heterocycles. The lowest BCUT2D eigenvalue weighted by Gasteiger charge is -2.26. The summed E-state index contributed by atoms with van der Waals surface area (Å²) in [6.07, 6.45) is 4.04. The summed E-state index contributed by atoms with van der Waals surface area (Å²) in [5.41, 5.74) is 1.66. The number of hydrogen-bond acceptors (Lipinski definition) is 4. The van der Waals surface area contributed by atoms with Gasteiger partial charge in [0.2, 0.25) is 5.91 Å². The van der Waals surface area contributed by atoms with Crippen molar-refractivity contribution in [1.82, 2.24) is 4.98 Å². The summed E-state index contributed by atoms with van der Waals surface area (Å²) >= 11 is 0. The highest BCUT2D eigenvalue weighted by Crippen LogP contribution is 2.26. The fraction of sp³-hybridized carbons (Fsp3) is 0.200. The number of amides is 1. The first-order valence-electron chi connectivity index (χ1n) is 8.82.